The van der Waals surface area contributed by atoms with Crippen molar-refractivity contribution in [3.05, 3.63) is 186 Å². The fourth-order valence-corrected chi connectivity index (χ4v) is 7.80. The highest BCUT2D eigenvalue weighted by atomic mass is 16.5. The molecule has 10 rings (SSSR count). The third-order valence-corrected chi connectivity index (χ3v) is 9.81. The van der Waals surface area contributed by atoms with Crippen molar-refractivity contribution in [3.63, 3.8) is 0 Å². The molecule has 1 aliphatic heterocycles. The van der Waals surface area contributed by atoms with Crippen LogP contribution in [0.15, 0.2) is 164 Å². The summed E-state index contributed by atoms with van der Waals surface area (Å²) in [5, 5.41) is 2.04. The zero-order valence-corrected chi connectivity index (χ0v) is 25.8. The van der Waals surface area contributed by atoms with Crippen molar-refractivity contribution >= 4 is 10.8 Å². The van der Waals surface area contributed by atoms with E-state index < -0.39 is 5.41 Å². The molecule has 8 aromatic rings. The highest BCUT2D eigenvalue weighted by Crippen LogP contribution is 2.63. The van der Waals surface area contributed by atoms with E-state index >= 15 is 0 Å². The molecule has 1 aromatic heterocycles. The number of ether oxygens (including phenoxy) is 1. The second-order valence-electron chi connectivity index (χ2n) is 12.3. The Kier molecular flexibility index (Phi) is 5.75. The maximum Gasteiger partial charge on any atom is 0.164 e. The van der Waals surface area contributed by atoms with Crippen molar-refractivity contribution in [1.82, 2.24) is 15.0 Å². The Morgan fingerprint density at radius 2 is 0.875 bits per heavy atom. The first-order chi connectivity index (χ1) is 23.8. The fraction of sp³-hybridized carbons (Fsp3) is 0.0227. The normalized spacial score (nSPS) is 13.3. The van der Waals surface area contributed by atoms with Gasteiger partial charge in [0.05, 0.1) is 5.41 Å². The van der Waals surface area contributed by atoms with Gasteiger partial charge in [0.25, 0.3) is 0 Å². The van der Waals surface area contributed by atoms with Crippen LogP contribution in [0, 0.1) is 0 Å². The number of hydrogen-bond acceptors (Lipinski definition) is 4. The summed E-state index contributed by atoms with van der Waals surface area (Å²) in [5.74, 6) is 3.62. The Morgan fingerprint density at radius 1 is 0.354 bits per heavy atom. The molecule has 0 amide bonds. The lowest BCUT2D eigenvalue weighted by Crippen LogP contribution is -2.32. The van der Waals surface area contributed by atoms with Crippen molar-refractivity contribution in [2.75, 3.05) is 0 Å². The van der Waals surface area contributed by atoms with Crippen LogP contribution in [0.1, 0.15) is 22.3 Å². The molecule has 0 N–H and O–H groups in total. The average Bonchev–Trinajstić information content (AvgIpc) is 3.46. The molecule has 0 fully saturated rings. The minimum Gasteiger partial charge on any atom is -0.456 e. The molecule has 0 unspecified atom stereocenters. The summed E-state index contributed by atoms with van der Waals surface area (Å²) in [4.78, 5) is 15.0. The summed E-state index contributed by atoms with van der Waals surface area (Å²) >= 11 is 0. The monoisotopic (exact) mass is 613 g/mol. The standard InChI is InChI=1S/C44H27N3O/c1-3-14-28(15-4-1)41-45-42(29-16-5-2-6-17-29)47-43(46-41)34-21-13-20-33-30(34)26-27-38-40(33)48-39-25-12-11-24-37(39)44(38)35-22-9-7-18-31(35)32-19-8-10-23-36(32)44/h1-27H. The van der Waals surface area contributed by atoms with Crippen LogP contribution in [0.2, 0.25) is 0 Å². The van der Waals surface area contributed by atoms with Gasteiger partial charge >= 0.3 is 0 Å². The Balaban J connectivity index is 1.25. The van der Waals surface area contributed by atoms with Gasteiger partial charge in [0.15, 0.2) is 17.5 Å². The first-order valence-electron chi connectivity index (χ1n) is 16.2. The number of fused-ring (bicyclic) bond motifs is 11. The van der Waals surface area contributed by atoms with E-state index in [2.05, 4.69) is 103 Å². The van der Waals surface area contributed by atoms with Crippen LogP contribution in [-0.2, 0) is 5.41 Å². The number of rotatable bonds is 3. The molecule has 224 valence electrons. The van der Waals surface area contributed by atoms with Gasteiger partial charge in [-0.05, 0) is 33.7 Å². The largest absolute Gasteiger partial charge is 0.456 e. The van der Waals surface area contributed by atoms with Gasteiger partial charge in [-0.15, -0.1) is 0 Å². The van der Waals surface area contributed by atoms with Crippen molar-refractivity contribution in [2.24, 2.45) is 0 Å². The van der Waals surface area contributed by atoms with Crippen LogP contribution < -0.4 is 4.74 Å². The lowest BCUT2D eigenvalue weighted by molar-refractivity contribution is 0.441. The molecule has 1 spiro atoms. The predicted octanol–water partition coefficient (Wildman–Crippen LogP) is 10.5. The maximum atomic E-state index is 6.93. The summed E-state index contributed by atoms with van der Waals surface area (Å²) in [6.45, 7) is 0. The molecule has 2 heterocycles. The summed E-state index contributed by atoms with van der Waals surface area (Å²) in [6, 6.07) is 57.1. The van der Waals surface area contributed by atoms with E-state index in [1.165, 1.54) is 22.3 Å². The Morgan fingerprint density at radius 3 is 1.52 bits per heavy atom. The van der Waals surface area contributed by atoms with E-state index in [1.807, 2.05) is 60.7 Å². The van der Waals surface area contributed by atoms with Crippen LogP contribution >= 0.6 is 0 Å². The molecular formula is C44H27N3O. The second-order valence-corrected chi connectivity index (χ2v) is 12.3. The Bertz CT molecular complexity index is 2440. The highest BCUT2D eigenvalue weighted by molar-refractivity contribution is 6.02. The zero-order valence-electron chi connectivity index (χ0n) is 25.8. The van der Waals surface area contributed by atoms with E-state index in [1.54, 1.807) is 0 Å². The summed E-state index contributed by atoms with van der Waals surface area (Å²) in [5.41, 5.74) is 9.65. The maximum absolute atomic E-state index is 6.93. The van der Waals surface area contributed by atoms with Gasteiger partial charge in [0.1, 0.15) is 11.5 Å². The first-order valence-corrected chi connectivity index (χ1v) is 16.2. The molecule has 2 aliphatic rings. The number of aromatic nitrogens is 3. The van der Waals surface area contributed by atoms with E-state index in [-0.39, 0.29) is 0 Å². The molecule has 48 heavy (non-hydrogen) atoms. The highest BCUT2D eigenvalue weighted by Gasteiger charge is 2.51. The van der Waals surface area contributed by atoms with Crippen LogP contribution in [0.25, 0.3) is 56.1 Å². The molecule has 1 aliphatic carbocycles. The number of hydrogen-bond donors (Lipinski definition) is 0. The third-order valence-electron chi connectivity index (χ3n) is 9.81. The number of para-hydroxylation sites is 1. The number of nitrogens with zero attached hydrogens (tertiary/aromatic N) is 3. The SMILES string of the molecule is c1ccc(-c2nc(-c3ccccc3)nc(-c3cccc4c5c(ccc34)C3(c4ccccc4O5)c4ccccc4-c4ccccc43)n2)cc1. The molecule has 0 saturated carbocycles. The first kappa shape index (κ1) is 26.8. The minimum absolute atomic E-state index is 0.518. The van der Waals surface area contributed by atoms with Gasteiger partial charge in [-0.2, -0.15) is 0 Å². The van der Waals surface area contributed by atoms with Gasteiger partial charge in [-0.3, -0.25) is 0 Å². The second kappa shape index (κ2) is 10.3. The third kappa shape index (κ3) is 3.74. The average molecular weight is 614 g/mol. The summed E-state index contributed by atoms with van der Waals surface area (Å²) in [7, 11) is 0. The van der Waals surface area contributed by atoms with E-state index in [9.17, 15) is 0 Å². The molecule has 4 heteroatoms. The molecule has 0 radical (unpaired) electrons. The zero-order chi connectivity index (χ0) is 31.7. The van der Waals surface area contributed by atoms with Gasteiger partial charge in [-0.25, -0.2) is 15.0 Å². The Hall–Kier alpha value is -6.39. The quantitative estimate of drug-likeness (QED) is 0.199. The van der Waals surface area contributed by atoms with Crippen molar-refractivity contribution in [3.8, 4) is 56.8 Å². The van der Waals surface area contributed by atoms with Crippen LogP contribution in [0.5, 0.6) is 11.5 Å². The molecule has 0 atom stereocenters. The van der Waals surface area contributed by atoms with E-state index in [4.69, 9.17) is 19.7 Å². The number of benzene rings is 7. The van der Waals surface area contributed by atoms with Crippen molar-refractivity contribution in [1.29, 1.82) is 0 Å². The smallest absolute Gasteiger partial charge is 0.164 e. The van der Waals surface area contributed by atoms with E-state index in [0.717, 1.165) is 50.1 Å². The minimum atomic E-state index is -0.518. The molecular weight excluding hydrogens is 587 g/mol. The van der Waals surface area contributed by atoms with Crippen LogP contribution in [-0.4, -0.2) is 15.0 Å². The van der Waals surface area contributed by atoms with Gasteiger partial charge in [0, 0.05) is 33.2 Å². The van der Waals surface area contributed by atoms with Crippen LogP contribution in [0.4, 0.5) is 0 Å². The van der Waals surface area contributed by atoms with E-state index in [0.29, 0.717) is 17.5 Å². The predicted molar refractivity (Wildman–Crippen MR) is 191 cm³/mol. The Labute approximate surface area is 278 Å². The van der Waals surface area contributed by atoms with Gasteiger partial charge in [0.2, 0.25) is 0 Å². The molecule has 4 nitrogen and oxygen atoms in total. The summed E-state index contributed by atoms with van der Waals surface area (Å²) < 4.78 is 6.93. The molecule has 0 saturated heterocycles. The van der Waals surface area contributed by atoms with Gasteiger partial charge in [-0.1, -0.05) is 158 Å². The lowest BCUT2D eigenvalue weighted by atomic mass is 9.65. The molecule has 7 aromatic carbocycles. The topological polar surface area (TPSA) is 47.9 Å². The van der Waals surface area contributed by atoms with Crippen LogP contribution in [0.3, 0.4) is 0 Å². The molecule has 0 bridgehead atoms. The van der Waals surface area contributed by atoms with Crippen molar-refractivity contribution in [2.45, 2.75) is 5.41 Å². The lowest BCUT2D eigenvalue weighted by Gasteiger charge is -2.39. The van der Waals surface area contributed by atoms with Gasteiger partial charge < -0.3 is 4.74 Å². The summed E-state index contributed by atoms with van der Waals surface area (Å²) in [6.07, 6.45) is 0. The van der Waals surface area contributed by atoms with Crippen molar-refractivity contribution < 1.29 is 4.74 Å². The fourth-order valence-electron chi connectivity index (χ4n) is 7.80.